The molecule has 0 spiro atoms. The van der Waals surface area contributed by atoms with Gasteiger partial charge >= 0.3 is 12.4 Å². The summed E-state index contributed by atoms with van der Waals surface area (Å²) in [5.74, 6) is -2.53. The summed E-state index contributed by atoms with van der Waals surface area (Å²) in [5, 5.41) is 4.90. The zero-order valence-electron chi connectivity index (χ0n) is 14.7. The first-order chi connectivity index (χ1) is 13.5. The van der Waals surface area contributed by atoms with Gasteiger partial charge < -0.3 is 15.2 Å². The first-order valence-corrected chi connectivity index (χ1v) is 8.09. The van der Waals surface area contributed by atoms with E-state index < -0.39 is 42.6 Å². The smallest absolute Gasteiger partial charge is 0.367 e. The normalized spacial score (nSPS) is 12.4. The van der Waals surface area contributed by atoms with Crippen LogP contribution in [0.1, 0.15) is 12.2 Å². The minimum atomic E-state index is -4.79. The van der Waals surface area contributed by atoms with Crippen LogP contribution >= 0.6 is 0 Å². The van der Waals surface area contributed by atoms with E-state index in [1.165, 1.54) is 18.2 Å². The average Bonchev–Trinajstić information content (AvgIpc) is 2.92. The highest BCUT2D eigenvalue weighted by atomic mass is 19.4. The van der Waals surface area contributed by atoms with Crippen molar-refractivity contribution in [1.29, 1.82) is 0 Å². The first-order valence-electron chi connectivity index (χ1n) is 8.09. The number of halogens is 7. The molecule has 2 aromatic heterocycles. The molecule has 0 aliphatic carbocycles. The van der Waals surface area contributed by atoms with Crippen molar-refractivity contribution < 1.29 is 30.7 Å². The summed E-state index contributed by atoms with van der Waals surface area (Å²) >= 11 is 0. The molecule has 0 saturated carbocycles. The topological polar surface area (TPSA) is 67.7 Å². The van der Waals surface area contributed by atoms with Crippen LogP contribution in [0.5, 0.6) is 0 Å². The standard InChI is InChI=1S/C16H13F7N6/c1-29-13-12(28-14(29)16(21,22)23)26-11(25-9-5-3-2-4-8(9)17)10(27-13)24-7-6-15(18,19)20/h2-5H,6-7H2,1H3,(H,24,27)(H,25,26). The van der Waals surface area contributed by atoms with Crippen molar-refractivity contribution in [1.82, 2.24) is 19.5 Å². The Morgan fingerprint density at radius 2 is 1.66 bits per heavy atom. The van der Waals surface area contributed by atoms with E-state index in [0.717, 1.165) is 13.1 Å². The number of aryl methyl sites for hydroxylation is 1. The van der Waals surface area contributed by atoms with Gasteiger partial charge in [-0.25, -0.2) is 19.3 Å². The lowest BCUT2D eigenvalue weighted by molar-refractivity contribution is -0.146. The van der Waals surface area contributed by atoms with Crippen LogP contribution in [0.25, 0.3) is 11.3 Å². The number of nitrogens with one attached hydrogen (secondary N) is 2. The molecule has 0 amide bonds. The molecule has 0 unspecified atom stereocenters. The highest BCUT2D eigenvalue weighted by molar-refractivity contribution is 5.78. The van der Waals surface area contributed by atoms with Crippen LogP contribution in [0.15, 0.2) is 24.3 Å². The molecule has 3 aromatic rings. The number of para-hydroxylation sites is 1. The van der Waals surface area contributed by atoms with Crippen LogP contribution in [0.2, 0.25) is 0 Å². The second kappa shape index (κ2) is 7.37. The van der Waals surface area contributed by atoms with Crippen LogP contribution < -0.4 is 10.6 Å². The lowest BCUT2D eigenvalue weighted by atomic mass is 10.3. The predicted molar refractivity (Wildman–Crippen MR) is 90.2 cm³/mol. The number of fused-ring (bicyclic) bond motifs is 1. The van der Waals surface area contributed by atoms with Gasteiger partial charge in [0.2, 0.25) is 5.82 Å². The van der Waals surface area contributed by atoms with E-state index in [0.29, 0.717) is 4.57 Å². The molecular weight excluding hydrogens is 409 g/mol. The van der Waals surface area contributed by atoms with Gasteiger partial charge in [-0.2, -0.15) is 26.3 Å². The monoisotopic (exact) mass is 422 g/mol. The van der Waals surface area contributed by atoms with E-state index >= 15 is 0 Å². The number of nitrogens with zero attached hydrogens (tertiary/aromatic N) is 4. The van der Waals surface area contributed by atoms with Crippen molar-refractivity contribution in [3.05, 3.63) is 35.9 Å². The molecule has 2 N–H and O–H groups in total. The number of benzene rings is 1. The molecule has 0 aliphatic heterocycles. The Morgan fingerprint density at radius 3 is 2.28 bits per heavy atom. The van der Waals surface area contributed by atoms with E-state index in [1.54, 1.807) is 0 Å². The van der Waals surface area contributed by atoms with Crippen molar-refractivity contribution in [3.8, 4) is 0 Å². The Morgan fingerprint density at radius 1 is 0.966 bits per heavy atom. The molecule has 0 aliphatic rings. The molecular formula is C16H13F7N6. The summed E-state index contributed by atoms with van der Waals surface area (Å²) in [7, 11) is 1.05. The highest BCUT2D eigenvalue weighted by Crippen LogP contribution is 2.32. The number of hydrogen-bond donors (Lipinski definition) is 2. The predicted octanol–water partition coefficient (Wildman–Crippen LogP) is 4.63. The quantitative estimate of drug-likeness (QED) is 0.587. The minimum absolute atomic E-state index is 0.0907. The number of aromatic nitrogens is 4. The van der Waals surface area contributed by atoms with E-state index in [-0.39, 0.29) is 23.0 Å². The van der Waals surface area contributed by atoms with Gasteiger partial charge in [-0.1, -0.05) is 12.1 Å². The molecule has 3 rings (SSSR count). The van der Waals surface area contributed by atoms with Gasteiger partial charge in [0.25, 0.3) is 0 Å². The fourth-order valence-electron chi connectivity index (χ4n) is 2.47. The zero-order valence-corrected chi connectivity index (χ0v) is 14.7. The molecule has 0 radical (unpaired) electrons. The lowest BCUT2D eigenvalue weighted by Gasteiger charge is -2.13. The van der Waals surface area contributed by atoms with Crippen molar-refractivity contribution in [2.24, 2.45) is 7.05 Å². The van der Waals surface area contributed by atoms with Gasteiger partial charge in [-0.05, 0) is 12.1 Å². The number of imidazole rings is 1. The molecule has 1 aromatic carbocycles. The van der Waals surface area contributed by atoms with E-state index in [2.05, 4.69) is 25.6 Å². The van der Waals surface area contributed by atoms with Crippen LogP contribution in [0, 0.1) is 5.82 Å². The second-order valence-corrected chi connectivity index (χ2v) is 5.96. The summed E-state index contributed by atoms with van der Waals surface area (Å²) in [6.07, 6.45) is -10.5. The SMILES string of the molecule is Cn1c(C(F)(F)F)nc2nc(Nc3ccccc3F)c(NCCC(F)(F)F)nc21. The molecule has 156 valence electrons. The van der Waals surface area contributed by atoms with Crippen LogP contribution in [-0.2, 0) is 13.2 Å². The summed E-state index contributed by atoms with van der Waals surface area (Å²) in [4.78, 5) is 11.2. The Kier molecular flexibility index (Phi) is 5.24. The number of hydrogen-bond acceptors (Lipinski definition) is 5. The third kappa shape index (κ3) is 4.66. The number of alkyl halides is 6. The molecule has 6 nitrogen and oxygen atoms in total. The maximum absolute atomic E-state index is 13.9. The highest BCUT2D eigenvalue weighted by Gasteiger charge is 2.37. The third-order valence-corrected chi connectivity index (χ3v) is 3.79. The molecule has 0 atom stereocenters. The van der Waals surface area contributed by atoms with Crippen molar-refractivity contribution in [2.45, 2.75) is 18.8 Å². The van der Waals surface area contributed by atoms with Crippen LogP contribution in [0.4, 0.5) is 48.1 Å². The van der Waals surface area contributed by atoms with Gasteiger partial charge in [0.15, 0.2) is 22.9 Å². The average molecular weight is 422 g/mol. The Labute approximate surface area is 158 Å². The van der Waals surface area contributed by atoms with Gasteiger partial charge in [-0.3, -0.25) is 0 Å². The lowest BCUT2D eigenvalue weighted by Crippen LogP contribution is -2.16. The first kappa shape index (κ1) is 20.6. The maximum atomic E-state index is 13.9. The van der Waals surface area contributed by atoms with Gasteiger partial charge in [0.05, 0.1) is 12.1 Å². The molecule has 2 heterocycles. The van der Waals surface area contributed by atoms with Crippen LogP contribution in [-0.4, -0.2) is 32.2 Å². The molecule has 13 heteroatoms. The Balaban J connectivity index is 2.05. The van der Waals surface area contributed by atoms with E-state index in [9.17, 15) is 30.7 Å². The van der Waals surface area contributed by atoms with E-state index in [1.807, 2.05) is 0 Å². The molecule has 0 saturated heterocycles. The van der Waals surface area contributed by atoms with Gasteiger partial charge in [0.1, 0.15) is 5.82 Å². The molecule has 0 bridgehead atoms. The second-order valence-electron chi connectivity index (χ2n) is 5.96. The van der Waals surface area contributed by atoms with Crippen molar-refractivity contribution >= 4 is 28.6 Å². The summed E-state index contributed by atoms with van der Waals surface area (Å²) in [6, 6.07) is 5.33. The fourth-order valence-corrected chi connectivity index (χ4v) is 2.47. The third-order valence-electron chi connectivity index (χ3n) is 3.79. The van der Waals surface area contributed by atoms with Gasteiger partial charge in [-0.15, -0.1) is 0 Å². The fraction of sp³-hybridized carbons (Fsp3) is 0.312. The Bertz CT molecular complexity index is 1020. The summed E-state index contributed by atoms with van der Waals surface area (Å²) < 4.78 is 91.1. The minimum Gasteiger partial charge on any atom is -0.367 e. The van der Waals surface area contributed by atoms with Gasteiger partial charge in [0, 0.05) is 13.6 Å². The molecule has 0 fully saturated rings. The van der Waals surface area contributed by atoms with Crippen LogP contribution in [0.3, 0.4) is 0 Å². The van der Waals surface area contributed by atoms with Crippen molar-refractivity contribution in [3.63, 3.8) is 0 Å². The van der Waals surface area contributed by atoms with E-state index in [4.69, 9.17) is 0 Å². The molecule has 29 heavy (non-hydrogen) atoms. The van der Waals surface area contributed by atoms with Crippen molar-refractivity contribution in [2.75, 3.05) is 17.2 Å². The summed E-state index contributed by atoms with van der Waals surface area (Å²) in [5.41, 5.74) is -0.794. The zero-order chi connectivity index (χ0) is 21.4. The Hall–Kier alpha value is -3.12. The largest absolute Gasteiger partial charge is 0.449 e. The summed E-state index contributed by atoms with van der Waals surface area (Å²) in [6.45, 7) is -0.611. The number of rotatable bonds is 5. The number of anilines is 3. The maximum Gasteiger partial charge on any atom is 0.449 e.